The highest BCUT2D eigenvalue weighted by molar-refractivity contribution is 5.94. The number of piperazine rings is 1. The summed E-state index contributed by atoms with van der Waals surface area (Å²) in [6, 6.07) is 6.03. The number of hydrogen-bond donors (Lipinski definition) is 1. The van der Waals surface area contributed by atoms with Gasteiger partial charge in [-0.15, -0.1) is 0 Å². The highest BCUT2D eigenvalue weighted by Gasteiger charge is 2.15. The van der Waals surface area contributed by atoms with Crippen molar-refractivity contribution in [3.63, 3.8) is 0 Å². The number of carbonyl (C=O) groups is 1. The normalized spacial score (nSPS) is 16.1. The lowest BCUT2D eigenvalue weighted by Crippen LogP contribution is -2.46. The number of rotatable bonds is 4. The van der Waals surface area contributed by atoms with E-state index in [9.17, 15) is 4.79 Å². The largest absolute Gasteiger partial charge is 0.340 e. The molecule has 1 heterocycles. The van der Waals surface area contributed by atoms with E-state index in [2.05, 4.69) is 16.3 Å². The van der Waals surface area contributed by atoms with Gasteiger partial charge in [-0.3, -0.25) is 9.69 Å². The van der Waals surface area contributed by atoms with Crippen LogP contribution in [0, 0.1) is 13.8 Å². The van der Waals surface area contributed by atoms with Crippen LogP contribution in [-0.4, -0.2) is 62.0 Å². The molecule has 1 aromatic carbocycles. The molecule has 1 saturated heterocycles. The van der Waals surface area contributed by atoms with Crippen LogP contribution in [0.1, 0.15) is 21.5 Å². The molecule has 110 valence electrons. The van der Waals surface area contributed by atoms with Crippen LogP contribution in [0.2, 0.25) is 0 Å². The highest BCUT2D eigenvalue weighted by atomic mass is 16.2. The molecule has 1 N–H and O–H groups in total. The molecule has 0 radical (unpaired) electrons. The summed E-state index contributed by atoms with van der Waals surface area (Å²) in [4.78, 5) is 16.7. The van der Waals surface area contributed by atoms with Crippen LogP contribution in [0.15, 0.2) is 18.2 Å². The van der Waals surface area contributed by atoms with Gasteiger partial charge in [0.25, 0.3) is 5.91 Å². The third-order valence-corrected chi connectivity index (χ3v) is 3.78. The first kappa shape index (κ1) is 15.0. The number of nitrogens with zero attached hydrogens (tertiary/aromatic N) is 2. The Bertz CT molecular complexity index is 447. The summed E-state index contributed by atoms with van der Waals surface area (Å²) in [5.74, 6) is 0.118. The molecule has 1 aromatic rings. The van der Waals surface area contributed by atoms with Crippen LogP contribution < -0.4 is 5.32 Å². The first-order valence-electron chi connectivity index (χ1n) is 7.33. The third-order valence-electron chi connectivity index (χ3n) is 3.78. The maximum absolute atomic E-state index is 12.4. The van der Waals surface area contributed by atoms with Gasteiger partial charge >= 0.3 is 0 Å². The van der Waals surface area contributed by atoms with Crippen LogP contribution in [0.3, 0.4) is 0 Å². The predicted octanol–water partition coefficient (Wildman–Crippen LogP) is 1.28. The minimum absolute atomic E-state index is 0.118. The van der Waals surface area contributed by atoms with E-state index in [1.807, 2.05) is 37.9 Å². The van der Waals surface area contributed by atoms with Crippen molar-refractivity contribution >= 4 is 5.91 Å². The van der Waals surface area contributed by atoms with Gasteiger partial charge in [0.05, 0.1) is 0 Å². The van der Waals surface area contributed by atoms with Gasteiger partial charge in [-0.2, -0.15) is 0 Å². The fourth-order valence-corrected chi connectivity index (χ4v) is 2.65. The fraction of sp³-hybridized carbons (Fsp3) is 0.562. The maximum atomic E-state index is 12.4. The molecular formula is C16H25N3O. The van der Waals surface area contributed by atoms with Gasteiger partial charge in [-0.25, -0.2) is 0 Å². The molecule has 1 fully saturated rings. The molecule has 0 unspecified atom stereocenters. The summed E-state index contributed by atoms with van der Waals surface area (Å²) in [5.41, 5.74) is 3.08. The second-order valence-electron chi connectivity index (χ2n) is 5.69. The molecule has 1 aliphatic rings. The molecule has 2 rings (SSSR count). The second-order valence-corrected chi connectivity index (χ2v) is 5.69. The average Bonchev–Trinajstić information content (AvgIpc) is 2.44. The van der Waals surface area contributed by atoms with Gasteiger partial charge in [0, 0.05) is 51.9 Å². The average molecular weight is 275 g/mol. The van der Waals surface area contributed by atoms with Gasteiger partial charge in [0.1, 0.15) is 0 Å². The fourth-order valence-electron chi connectivity index (χ4n) is 2.65. The highest BCUT2D eigenvalue weighted by Crippen LogP contribution is 2.11. The summed E-state index contributed by atoms with van der Waals surface area (Å²) in [7, 11) is 1.89. The molecule has 4 nitrogen and oxygen atoms in total. The van der Waals surface area contributed by atoms with E-state index < -0.39 is 0 Å². The summed E-state index contributed by atoms with van der Waals surface area (Å²) < 4.78 is 0. The lowest BCUT2D eigenvalue weighted by molar-refractivity contribution is 0.0774. The number of likely N-dealkylation sites (N-methyl/N-ethyl adjacent to an activating group) is 1. The Morgan fingerprint density at radius 3 is 2.40 bits per heavy atom. The van der Waals surface area contributed by atoms with Crippen LogP contribution in [0.25, 0.3) is 0 Å². The minimum atomic E-state index is 0.118. The van der Waals surface area contributed by atoms with Crippen molar-refractivity contribution in [3.8, 4) is 0 Å². The lowest BCUT2D eigenvalue weighted by atomic mass is 10.1. The second kappa shape index (κ2) is 6.86. The zero-order valence-electron chi connectivity index (χ0n) is 12.8. The van der Waals surface area contributed by atoms with E-state index in [4.69, 9.17) is 0 Å². The molecule has 4 heteroatoms. The molecule has 0 saturated carbocycles. The minimum Gasteiger partial charge on any atom is -0.340 e. The van der Waals surface area contributed by atoms with Crippen molar-refractivity contribution in [2.45, 2.75) is 13.8 Å². The standard InChI is InChI=1S/C16H25N3O/c1-13-10-14(2)12-15(11-13)16(20)18(3)8-9-19-6-4-17-5-7-19/h10-12,17H,4-9H2,1-3H3. The number of carbonyl (C=O) groups excluding carboxylic acids is 1. The molecule has 0 spiro atoms. The van der Waals surface area contributed by atoms with Gasteiger partial charge < -0.3 is 10.2 Å². The number of hydrogen-bond acceptors (Lipinski definition) is 3. The smallest absolute Gasteiger partial charge is 0.253 e. The lowest BCUT2D eigenvalue weighted by Gasteiger charge is -2.29. The number of amides is 1. The molecule has 0 bridgehead atoms. The Morgan fingerprint density at radius 1 is 1.20 bits per heavy atom. The van der Waals surface area contributed by atoms with Crippen LogP contribution in [-0.2, 0) is 0 Å². The first-order valence-corrected chi connectivity index (χ1v) is 7.33. The van der Waals surface area contributed by atoms with E-state index in [1.165, 1.54) is 0 Å². The summed E-state index contributed by atoms with van der Waals surface area (Å²) in [5, 5.41) is 3.34. The van der Waals surface area contributed by atoms with Crippen LogP contribution >= 0.6 is 0 Å². The van der Waals surface area contributed by atoms with E-state index >= 15 is 0 Å². The zero-order valence-corrected chi connectivity index (χ0v) is 12.8. The SMILES string of the molecule is Cc1cc(C)cc(C(=O)N(C)CCN2CCNCC2)c1. The topological polar surface area (TPSA) is 35.6 Å². The Labute approximate surface area is 121 Å². The molecule has 1 amide bonds. The first-order chi connectivity index (χ1) is 9.56. The van der Waals surface area contributed by atoms with Gasteiger partial charge in [-0.1, -0.05) is 17.2 Å². The number of nitrogens with one attached hydrogen (secondary N) is 1. The molecular weight excluding hydrogens is 250 g/mol. The van der Waals surface area contributed by atoms with Crippen molar-refractivity contribution < 1.29 is 4.79 Å². The molecule has 0 aliphatic carbocycles. The Kier molecular flexibility index (Phi) is 5.15. The van der Waals surface area contributed by atoms with Gasteiger partial charge in [-0.05, 0) is 26.0 Å². The third kappa shape index (κ3) is 4.05. The predicted molar refractivity (Wildman–Crippen MR) is 82.2 cm³/mol. The molecule has 20 heavy (non-hydrogen) atoms. The Hall–Kier alpha value is -1.39. The quantitative estimate of drug-likeness (QED) is 0.899. The van der Waals surface area contributed by atoms with E-state index in [0.717, 1.165) is 56.0 Å². The van der Waals surface area contributed by atoms with Crippen molar-refractivity contribution in [1.82, 2.24) is 15.1 Å². The van der Waals surface area contributed by atoms with Crippen molar-refractivity contribution in [2.75, 3.05) is 46.3 Å². The summed E-state index contributed by atoms with van der Waals surface area (Å²) in [6.07, 6.45) is 0. The van der Waals surface area contributed by atoms with E-state index in [1.54, 1.807) is 0 Å². The summed E-state index contributed by atoms with van der Waals surface area (Å²) in [6.45, 7) is 10.1. The van der Waals surface area contributed by atoms with Gasteiger partial charge in [0.2, 0.25) is 0 Å². The Morgan fingerprint density at radius 2 is 1.80 bits per heavy atom. The van der Waals surface area contributed by atoms with Crippen molar-refractivity contribution in [2.24, 2.45) is 0 Å². The van der Waals surface area contributed by atoms with Crippen LogP contribution in [0.4, 0.5) is 0 Å². The maximum Gasteiger partial charge on any atom is 0.253 e. The van der Waals surface area contributed by atoms with Gasteiger partial charge in [0.15, 0.2) is 0 Å². The molecule has 1 aliphatic heterocycles. The number of benzene rings is 1. The van der Waals surface area contributed by atoms with Crippen molar-refractivity contribution in [3.05, 3.63) is 34.9 Å². The zero-order chi connectivity index (χ0) is 14.5. The summed E-state index contributed by atoms with van der Waals surface area (Å²) >= 11 is 0. The van der Waals surface area contributed by atoms with Crippen LogP contribution in [0.5, 0.6) is 0 Å². The van der Waals surface area contributed by atoms with Crippen molar-refractivity contribution in [1.29, 1.82) is 0 Å². The number of aryl methyl sites for hydroxylation is 2. The van der Waals surface area contributed by atoms with E-state index in [-0.39, 0.29) is 5.91 Å². The van der Waals surface area contributed by atoms with E-state index in [0.29, 0.717) is 0 Å². The Balaban J connectivity index is 1.90. The monoisotopic (exact) mass is 275 g/mol. The molecule has 0 atom stereocenters. The molecule has 0 aromatic heterocycles.